The van der Waals surface area contributed by atoms with Crippen LogP contribution in [0.3, 0.4) is 0 Å². The van der Waals surface area contributed by atoms with Gasteiger partial charge in [-0.1, -0.05) is 16.8 Å². The molecule has 0 aliphatic carbocycles. The molecule has 2 aromatic carbocycles. The molecule has 0 bridgehead atoms. The van der Waals surface area contributed by atoms with Gasteiger partial charge in [0.15, 0.2) is 0 Å². The number of aromatic nitrogens is 3. The van der Waals surface area contributed by atoms with Crippen molar-refractivity contribution in [2.24, 2.45) is 0 Å². The molecule has 13 heteroatoms. The third-order valence-electron chi connectivity index (χ3n) is 4.61. The topological polar surface area (TPSA) is 101 Å². The van der Waals surface area contributed by atoms with Gasteiger partial charge in [0.2, 0.25) is 5.82 Å². The fourth-order valence-corrected chi connectivity index (χ4v) is 3.23. The van der Waals surface area contributed by atoms with E-state index in [4.69, 9.17) is 11.6 Å². The van der Waals surface area contributed by atoms with E-state index < -0.39 is 28.7 Å². The molecule has 0 amide bonds. The highest BCUT2D eigenvalue weighted by Crippen LogP contribution is 2.30. The van der Waals surface area contributed by atoms with Gasteiger partial charge in [-0.3, -0.25) is 14.6 Å². The fraction of sp³-hybridized carbons (Fsp3) is 0.150. The lowest BCUT2D eigenvalue weighted by Gasteiger charge is -2.23. The number of pyridine rings is 1. The molecule has 0 aliphatic rings. The predicted molar refractivity (Wildman–Crippen MR) is 111 cm³/mol. The zero-order chi connectivity index (χ0) is 23.9. The third-order valence-corrected chi connectivity index (χ3v) is 4.92. The van der Waals surface area contributed by atoms with Gasteiger partial charge in [-0.15, -0.1) is 0 Å². The summed E-state index contributed by atoms with van der Waals surface area (Å²) in [5, 5.41) is 6.06. The molecule has 2 aromatic heterocycles. The number of benzene rings is 1. The number of nitrogens with zero attached hydrogens (tertiary/aromatic N) is 4. The van der Waals surface area contributed by atoms with Gasteiger partial charge in [-0.2, -0.15) is 18.2 Å². The van der Waals surface area contributed by atoms with Gasteiger partial charge in [0.1, 0.15) is 17.2 Å². The van der Waals surface area contributed by atoms with Crippen LogP contribution in [-0.4, -0.2) is 22.2 Å². The zero-order valence-corrected chi connectivity index (χ0v) is 17.3. The normalized spacial score (nSPS) is 11.7. The van der Waals surface area contributed by atoms with Crippen LogP contribution in [0.2, 0.25) is 5.02 Å². The van der Waals surface area contributed by atoms with Gasteiger partial charge >= 0.3 is 12.1 Å². The molecule has 170 valence electrons. The van der Waals surface area contributed by atoms with Crippen molar-refractivity contribution in [3.05, 3.63) is 79.4 Å². The second kappa shape index (κ2) is 8.28. The van der Waals surface area contributed by atoms with Gasteiger partial charge in [0.25, 0.3) is 10.9 Å². The summed E-state index contributed by atoms with van der Waals surface area (Å²) in [6.07, 6.45) is -3.50. The quantitative estimate of drug-likeness (QED) is 0.327. The van der Waals surface area contributed by atoms with Crippen LogP contribution < -0.4 is 21.1 Å². The third kappa shape index (κ3) is 4.42. The van der Waals surface area contributed by atoms with E-state index in [0.717, 1.165) is 12.1 Å². The molecule has 0 saturated heterocycles. The standard InChI is InChI=1S/C20H12ClF4N5O3/c1-30(15-14(16(31)17(15)32)27-13-5-3-10(22)6-12(13)21)8-11-4-2-9(7-26-11)18-28-19(33-29-18)20(23,24)25/h2-7,27H,8H2,1H3. The maximum atomic E-state index is 13.2. The minimum Gasteiger partial charge on any atom is -0.364 e. The van der Waals surface area contributed by atoms with Crippen molar-refractivity contribution in [1.82, 2.24) is 15.1 Å². The first-order valence-electron chi connectivity index (χ1n) is 9.17. The maximum absolute atomic E-state index is 13.2. The fourth-order valence-electron chi connectivity index (χ4n) is 3.01. The van der Waals surface area contributed by atoms with Crippen molar-refractivity contribution in [1.29, 1.82) is 0 Å². The van der Waals surface area contributed by atoms with Crippen molar-refractivity contribution in [2.45, 2.75) is 12.7 Å². The number of nitrogens with one attached hydrogen (secondary N) is 1. The van der Waals surface area contributed by atoms with Crippen molar-refractivity contribution >= 4 is 28.7 Å². The number of anilines is 3. The minimum absolute atomic E-state index is 0.000828. The summed E-state index contributed by atoms with van der Waals surface area (Å²) in [5.74, 6) is -2.31. The second-order valence-corrected chi connectivity index (χ2v) is 7.35. The molecular weight excluding hydrogens is 470 g/mol. The average molecular weight is 482 g/mol. The van der Waals surface area contributed by atoms with Crippen molar-refractivity contribution in [3.63, 3.8) is 0 Å². The molecule has 0 aliphatic heterocycles. The number of alkyl halides is 3. The summed E-state index contributed by atoms with van der Waals surface area (Å²) < 4.78 is 55.2. The smallest absolute Gasteiger partial charge is 0.364 e. The Kier molecular flexibility index (Phi) is 5.62. The first-order chi connectivity index (χ1) is 15.5. The summed E-state index contributed by atoms with van der Waals surface area (Å²) in [6.45, 7) is 0.0943. The van der Waals surface area contributed by atoms with E-state index in [1.165, 1.54) is 29.3 Å². The van der Waals surface area contributed by atoms with Crippen LogP contribution in [0.5, 0.6) is 0 Å². The minimum atomic E-state index is -4.76. The molecule has 8 nitrogen and oxygen atoms in total. The zero-order valence-electron chi connectivity index (χ0n) is 16.6. The van der Waals surface area contributed by atoms with Gasteiger partial charge < -0.3 is 14.7 Å². The summed E-state index contributed by atoms with van der Waals surface area (Å²) in [7, 11) is 1.55. The van der Waals surface area contributed by atoms with Crippen molar-refractivity contribution in [3.8, 4) is 11.4 Å². The van der Waals surface area contributed by atoms with Crippen LogP contribution in [0.1, 0.15) is 11.6 Å². The maximum Gasteiger partial charge on any atom is 0.471 e. The van der Waals surface area contributed by atoms with Gasteiger partial charge in [0.05, 0.1) is 22.9 Å². The summed E-state index contributed by atoms with van der Waals surface area (Å²) in [6, 6.07) is 6.49. The van der Waals surface area contributed by atoms with Crippen LogP contribution in [-0.2, 0) is 12.7 Å². The number of rotatable bonds is 6. The van der Waals surface area contributed by atoms with Crippen LogP contribution in [0.15, 0.2) is 50.6 Å². The van der Waals surface area contributed by atoms with Crippen LogP contribution >= 0.6 is 11.6 Å². The summed E-state index contributed by atoms with van der Waals surface area (Å²) in [5.41, 5.74) is -0.499. The molecule has 4 rings (SSSR count). The molecule has 2 heterocycles. The predicted octanol–water partition coefficient (Wildman–Crippen LogP) is 3.92. The van der Waals surface area contributed by atoms with E-state index in [0.29, 0.717) is 5.69 Å². The van der Waals surface area contributed by atoms with E-state index >= 15 is 0 Å². The van der Waals surface area contributed by atoms with E-state index in [-0.39, 0.29) is 40.0 Å². The molecule has 0 spiro atoms. The molecule has 1 N–H and O–H groups in total. The molecule has 33 heavy (non-hydrogen) atoms. The van der Waals surface area contributed by atoms with Crippen LogP contribution in [0.25, 0.3) is 11.4 Å². The molecular formula is C20H12ClF4N5O3. The van der Waals surface area contributed by atoms with E-state index in [9.17, 15) is 27.2 Å². The first-order valence-corrected chi connectivity index (χ1v) is 9.55. The van der Waals surface area contributed by atoms with Crippen molar-refractivity contribution < 1.29 is 22.1 Å². The largest absolute Gasteiger partial charge is 0.471 e. The SMILES string of the molecule is CN(Cc1ccc(-c2noc(C(F)(F)F)n2)cn1)c1c(Nc2ccc(F)cc2Cl)c(=O)c1=O. The number of hydrogen-bond acceptors (Lipinski definition) is 8. The Labute approximate surface area is 187 Å². The number of hydrogen-bond donors (Lipinski definition) is 1. The molecule has 0 fully saturated rings. The monoisotopic (exact) mass is 481 g/mol. The average Bonchev–Trinajstić information content (AvgIpc) is 3.26. The van der Waals surface area contributed by atoms with Crippen LogP contribution in [0.4, 0.5) is 34.6 Å². The lowest BCUT2D eigenvalue weighted by molar-refractivity contribution is -0.159. The van der Waals surface area contributed by atoms with Gasteiger partial charge in [-0.05, 0) is 30.3 Å². The molecule has 0 unspecified atom stereocenters. The van der Waals surface area contributed by atoms with Gasteiger partial charge in [0, 0.05) is 18.8 Å². The van der Waals surface area contributed by atoms with Crippen molar-refractivity contribution in [2.75, 3.05) is 17.3 Å². The lowest BCUT2D eigenvalue weighted by Crippen LogP contribution is -2.40. The Hall–Kier alpha value is -3.80. The lowest BCUT2D eigenvalue weighted by atomic mass is 10.1. The molecule has 0 radical (unpaired) electrons. The Bertz CT molecular complexity index is 1390. The second-order valence-electron chi connectivity index (χ2n) is 6.95. The highest BCUT2D eigenvalue weighted by atomic mass is 35.5. The van der Waals surface area contributed by atoms with Crippen LogP contribution in [0, 0.1) is 5.82 Å². The molecule has 0 saturated carbocycles. The summed E-state index contributed by atoms with van der Waals surface area (Å²) in [4.78, 5) is 33.1. The highest BCUT2D eigenvalue weighted by Gasteiger charge is 2.38. The number of halogens is 5. The molecule has 4 aromatic rings. The van der Waals surface area contributed by atoms with E-state index in [1.54, 1.807) is 7.05 Å². The Morgan fingerprint density at radius 3 is 2.52 bits per heavy atom. The van der Waals surface area contributed by atoms with E-state index in [1.807, 2.05) is 0 Å². The van der Waals surface area contributed by atoms with Gasteiger partial charge in [-0.25, -0.2) is 4.39 Å². The highest BCUT2D eigenvalue weighted by molar-refractivity contribution is 6.33. The summed E-state index contributed by atoms with van der Waals surface area (Å²) >= 11 is 5.96. The Balaban J connectivity index is 1.50. The Morgan fingerprint density at radius 2 is 1.91 bits per heavy atom. The molecule has 0 atom stereocenters. The van der Waals surface area contributed by atoms with E-state index in [2.05, 4.69) is 25.0 Å². The Morgan fingerprint density at radius 1 is 1.15 bits per heavy atom. The first kappa shape index (κ1) is 22.4.